The van der Waals surface area contributed by atoms with Crippen LogP contribution in [0.4, 0.5) is 0 Å². The van der Waals surface area contributed by atoms with Crippen molar-refractivity contribution in [3.05, 3.63) is 270 Å². The third kappa shape index (κ3) is 21.8. The quantitative estimate of drug-likeness (QED) is 0.0508. The number of nitriles is 4. The molecule has 24 nitrogen and oxygen atoms in total. The van der Waals surface area contributed by atoms with Gasteiger partial charge in [0.05, 0.1) is 48.6 Å². The second-order valence-electron chi connectivity index (χ2n) is 39.4. The van der Waals surface area contributed by atoms with Crippen LogP contribution in [-0.4, -0.2) is 159 Å². The average Bonchev–Trinajstić information content (AvgIpc) is 1.62. The number of hydrogen-bond acceptors (Lipinski definition) is 18. The normalized spacial score (nSPS) is 16.3. The Bertz CT molecular complexity index is 6860. The number of nitrogens with zero attached hydrogens (tertiary/aromatic N) is 16. The molecule has 4 fully saturated rings. The van der Waals surface area contributed by atoms with Gasteiger partial charge in [0.2, 0.25) is 11.8 Å². The summed E-state index contributed by atoms with van der Waals surface area (Å²) in [6, 6.07) is 32.3. The SMILES string of the molecule is C=C(C(C)C)N1CCC(c2cn(C)c3ncc(CC(=O)c4ccc(OC)c(C#N)c4)c(C)c23)CC1.C=C(C(C)C)N1CC[C@@H](c2cn(C)c3ncc(CC(=O)c4ccc(OC)c(C#N)c4)c(C)c23)[C@@H](C)C1.Cc1c(CC(=O)c2cccc(C#N)c2)cnc2c1c(C1CCN(C(=O)C(C)C)CC1)cn2C.Cc1c(CC(=O)c2cccc(C#N)c2)cnc2c1c([C@@H]1CCN(C(=O)C(C)C)[C@@H](C)C1)cn2C. The highest BCUT2D eigenvalue weighted by Gasteiger charge is 2.37. The Labute approximate surface area is 812 Å². The van der Waals surface area contributed by atoms with Gasteiger partial charge < -0.3 is 47.3 Å². The smallest absolute Gasteiger partial charge is 0.225 e. The van der Waals surface area contributed by atoms with E-state index in [1.165, 1.54) is 58.6 Å². The molecular formula is C114H132N16O8. The number of aromatic nitrogens is 8. The van der Waals surface area contributed by atoms with Crippen molar-refractivity contribution >= 4 is 79.1 Å². The van der Waals surface area contributed by atoms with E-state index < -0.39 is 0 Å². The number of carbonyl (C=O) groups excluding carboxylic acids is 6. The van der Waals surface area contributed by atoms with E-state index in [2.05, 4.69) is 160 Å². The maximum atomic E-state index is 13.2. The molecule has 4 aromatic carbocycles. The number of Topliss-reactive ketones (excluding diaryl/α,β-unsaturated/α-hetero) is 4. The van der Waals surface area contributed by atoms with Crippen LogP contribution < -0.4 is 9.47 Å². The Kier molecular flexibility index (Phi) is 32.3. The van der Waals surface area contributed by atoms with E-state index in [4.69, 9.17) is 39.9 Å². The maximum Gasteiger partial charge on any atom is 0.225 e. The van der Waals surface area contributed by atoms with Gasteiger partial charge in [-0.3, -0.25) is 28.8 Å². The predicted octanol–water partition coefficient (Wildman–Crippen LogP) is 20.8. The molecule has 2 amide bonds. The zero-order chi connectivity index (χ0) is 99.7. The minimum absolute atomic E-state index is 0.0111. The highest BCUT2D eigenvalue weighted by Crippen LogP contribution is 2.45. The van der Waals surface area contributed by atoms with E-state index in [0.717, 1.165) is 169 Å². The summed E-state index contributed by atoms with van der Waals surface area (Å²) in [5.74, 6) is 4.31. The number of amides is 2. The first kappa shape index (κ1) is 101. The zero-order valence-electron chi connectivity index (χ0n) is 84.0. The first-order valence-electron chi connectivity index (χ1n) is 48.4. The molecule has 0 aliphatic carbocycles. The number of fused-ring (bicyclic) bond motifs is 4. The fourth-order valence-corrected chi connectivity index (χ4v) is 20.8. The van der Waals surface area contributed by atoms with Crippen molar-refractivity contribution < 1.29 is 38.2 Å². The highest BCUT2D eigenvalue weighted by molar-refractivity contribution is 6.02. The molecule has 0 radical (unpaired) electrons. The van der Waals surface area contributed by atoms with Gasteiger partial charge >= 0.3 is 0 Å². The van der Waals surface area contributed by atoms with Crippen LogP contribution in [0.3, 0.4) is 0 Å². The lowest BCUT2D eigenvalue weighted by Crippen LogP contribution is -2.45. The molecule has 24 heteroatoms. The first-order chi connectivity index (χ1) is 65.9. The van der Waals surface area contributed by atoms with Gasteiger partial charge in [-0.1, -0.05) is 99.7 Å². The monoisotopic (exact) mass is 1850 g/mol. The second-order valence-corrected chi connectivity index (χ2v) is 39.4. The van der Waals surface area contributed by atoms with Crippen LogP contribution in [0.15, 0.2) is 159 Å². The number of ether oxygens (including phenoxy) is 2. The van der Waals surface area contributed by atoms with Gasteiger partial charge in [0.1, 0.15) is 46.2 Å². The number of piperidine rings is 4. The number of aryl methyl sites for hydroxylation is 8. The van der Waals surface area contributed by atoms with Crippen molar-refractivity contribution in [3.8, 4) is 35.8 Å². The summed E-state index contributed by atoms with van der Waals surface area (Å²) in [6.45, 7) is 44.4. The second kappa shape index (κ2) is 43.9. The standard InChI is InChI=1S/C30H36N4O2.C29H34N4O2.C28H32N4O2.C27H30N4O2/c1-18(2)21(5)34-11-10-25(19(3)16-34)26-17-33(6)30-29(26)20(4)24(15-32-30)13-27(35)22-8-9-28(36-7)23(12-22)14-31;1-18(2)20(4)33-11-9-21(10-12-33)25-17-32(5)29-28(25)19(3)24(16-31-29)14-26(34)22-7-8-27(35-6)23(13-22)15-30;1-17(2)28(34)32-10-9-21(11-18(32)3)24-16-31(5)27-26(24)19(4)23(15-30-27)13-25(33)22-8-6-7-20(12-22)14-29;1-17(2)27(33)31-10-8-20(9-11-31)23-16-30(4)26-25(23)18(3)22(15-29-26)13-24(32)21-7-5-6-19(12-21)14-28/h8-9,12,15,17-19,25H,5,10-11,13,16H2,1-4,6-7H3;7-8,13,16-18,21H,4,9-12,14H2,1-3,5-6H3;6-8,12,15-18,21H,9-11,13H2,1-5H3;5-7,12,15-17,20H,8-11,13H2,1-4H3/t19-,25+;;18-,21+;/m0.0./s1. The Balaban J connectivity index is 0.000000155. The third-order valence-electron chi connectivity index (χ3n) is 29.0. The average molecular weight is 1850 g/mol. The number of rotatable bonds is 24. The number of methoxy groups -OCH3 is 2. The van der Waals surface area contributed by atoms with Crippen molar-refractivity contribution in [2.45, 2.75) is 197 Å². The minimum atomic E-state index is -0.0373. The molecule has 4 saturated heterocycles. The number of ketones is 4. The molecule has 0 N–H and O–H groups in total. The van der Waals surface area contributed by atoms with E-state index in [-0.39, 0.29) is 78.5 Å². The van der Waals surface area contributed by atoms with Gasteiger partial charge in [-0.05, 0) is 248 Å². The van der Waals surface area contributed by atoms with Crippen LogP contribution in [0.1, 0.15) is 268 Å². The number of allylic oxidation sites excluding steroid dienone is 2. The van der Waals surface area contributed by atoms with Gasteiger partial charge in [-0.25, -0.2) is 19.9 Å². The van der Waals surface area contributed by atoms with Gasteiger partial charge in [0.25, 0.3) is 0 Å². The Morgan fingerprint density at radius 2 is 0.739 bits per heavy atom. The van der Waals surface area contributed by atoms with Crippen LogP contribution in [0.2, 0.25) is 0 Å². The van der Waals surface area contributed by atoms with Crippen molar-refractivity contribution in [3.63, 3.8) is 0 Å². The molecule has 0 unspecified atom stereocenters. The van der Waals surface area contributed by atoms with Crippen LogP contribution >= 0.6 is 0 Å². The van der Waals surface area contributed by atoms with Gasteiger partial charge in [0.15, 0.2) is 23.1 Å². The molecule has 16 rings (SSSR count). The molecule has 0 spiro atoms. The number of benzene rings is 4. The Hall–Kier alpha value is -14.1. The molecule has 0 bridgehead atoms. The van der Waals surface area contributed by atoms with Crippen molar-refractivity contribution in [1.82, 2.24) is 57.8 Å². The van der Waals surface area contributed by atoms with Crippen LogP contribution in [0.5, 0.6) is 11.5 Å². The third-order valence-corrected chi connectivity index (χ3v) is 29.0. The first-order valence-corrected chi connectivity index (χ1v) is 48.4. The number of carbonyl (C=O) groups is 6. The van der Waals surface area contributed by atoms with E-state index >= 15 is 0 Å². The van der Waals surface area contributed by atoms with Crippen molar-refractivity contribution in [2.75, 3.05) is 60.0 Å². The number of hydrogen-bond donors (Lipinski definition) is 0. The van der Waals surface area contributed by atoms with Crippen molar-refractivity contribution in [2.24, 2.45) is 57.8 Å². The molecule has 12 aromatic rings. The van der Waals surface area contributed by atoms with E-state index in [1.54, 1.807) is 97.3 Å². The van der Waals surface area contributed by atoms with Gasteiger partial charge in [-0.15, -0.1) is 0 Å². The molecule has 138 heavy (non-hydrogen) atoms. The summed E-state index contributed by atoms with van der Waals surface area (Å²) in [6.07, 6.45) is 23.9. The van der Waals surface area contributed by atoms with E-state index in [9.17, 15) is 39.3 Å². The molecular weight excluding hydrogens is 1720 g/mol. The number of likely N-dealkylation sites (tertiary alicyclic amines) is 4. The zero-order valence-corrected chi connectivity index (χ0v) is 84.0. The summed E-state index contributed by atoms with van der Waals surface area (Å²) >= 11 is 0. The Morgan fingerprint density at radius 1 is 0.406 bits per heavy atom. The molecule has 716 valence electrons. The fraction of sp³-hybridized carbons (Fsp3) is 0.421. The molecule has 8 aromatic heterocycles. The molecule has 4 atom stereocenters. The van der Waals surface area contributed by atoms with E-state index in [1.807, 2.05) is 78.1 Å². The summed E-state index contributed by atoms with van der Waals surface area (Å²) in [5, 5.41) is 41.6. The molecule has 4 aliphatic rings. The molecule has 12 heterocycles. The van der Waals surface area contributed by atoms with E-state index in [0.29, 0.717) is 97.4 Å². The Morgan fingerprint density at radius 3 is 1.08 bits per heavy atom. The lowest BCUT2D eigenvalue weighted by molar-refractivity contribution is -0.138. The number of pyridine rings is 4. The van der Waals surface area contributed by atoms with Gasteiger partial charge in [-0.2, -0.15) is 21.0 Å². The van der Waals surface area contributed by atoms with Crippen LogP contribution in [0, 0.1) is 103 Å². The summed E-state index contributed by atoms with van der Waals surface area (Å²) < 4.78 is 18.8. The predicted molar refractivity (Wildman–Crippen MR) is 543 cm³/mol. The lowest BCUT2D eigenvalue weighted by atomic mass is 9.80. The fourth-order valence-electron chi connectivity index (χ4n) is 20.8. The molecule has 0 saturated carbocycles. The topological polar surface area (TPSA) is 300 Å². The summed E-state index contributed by atoms with van der Waals surface area (Å²) in [7, 11) is 11.1. The van der Waals surface area contributed by atoms with Crippen LogP contribution in [-0.2, 0) is 63.5 Å². The summed E-state index contributed by atoms with van der Waals surface area (Å²) in [4.78, 5) is 105. The lowest BCUT2D eigenvalue weighted by Gasteiger charge is -2.40. The highest BCUT2D eigenvalue weighted by atomic mass is 16.5. The largest absolute Gasteiger partial charge is 0.495 e. The maximum absolute atomic E-state index is 13.2. The van der Waals surface area contributed by atoms with Crippen LogP contribution in [0.25, 0.3) is 44.1 Å². The van der Waals surface area contributed by atoms with Crippen molar-refractivity contribution in [1.29, 1.82) is 21.0 Å². The minimum Gasteiger partial charge on any atom is -0.495 e. The van der Waals surface area contributed by atoms with Gasteiger partial charge in [0, 0.05) is 222 Å². The summed E-state index contributed by atoms with van der Waals surface area (Å²) in [5.41, 5.74) is 23.2. The molecule has 4 aliphatic heterocycles.